The number of piperidine rings is 1. The molecule has 3 aromatic rings. The number of rotatable bonds is 3. The van der Waals surface area contributed by atoms with Gasteiger partial charge in [-0.05, 0) is 37.9 Å². The highest BCUT2D eigenvalue weighted by molar-refractivity contribution is 5.74. The molecule has 10 heteroatoms. The normalized spacial score (nSPS) is 15.8. The number of halogens is 3. The molecule has 1 N–H and O–H groups in total. The summed E-state index contributed by atoms with van der Waals surface area (Å²) in [4.78, 5) is 28.6. The minimum atomic E-state index is -4.66. The highest BCUT2D eigenvalue weighted by atomic mass is 19.4. The molecule has 1 saturated heterocycles. The molecule has 0 unspecified atom stereocenters. The van der Waals surface area contributed by atoms with Crippen LogP contribution >= 0.6 is 0 Å². The molecule has 4 rings (SSSR count). The number of aromatic nitrogens is 5. The zero-order valence-corrected chi connectivity index (χ0v) is 14.8. The molecule has 0 spiro atoms. The van der Waals surface area contributed by atoms with Gasteiger partial charge in [0.1, 0.15) is 12.0 Å². The quantitative estimate of drug-likeness (QED) is 0.737. The van der Waals surface area contributed by atoms with Crippen molar-refractivity contribution in [1.82, 2.24) is 29.8 Å². The van der Waals surface area contributed by atoms with E-state index in [1.165, 1.54) is 17.1 Å². The van der Waals surface area contributed by atoms with E-state index in [9.17, 15) is 18.0 Å². The Bertz CT molecular complexity index is 1060. The maximum Gasteiger partial charge on any atom is 0.435 e. The molecule has 1 fully saturated rings. The molecule has 0 amide bonds. The van der Waals surface area contributed by atoms with Gasteiger partial charge in [0.05, 0.1) is 12.2 Å². The van der Waals surface area contributed by atoms with E-state index in [1.54, 1.807) is 12.3 Å². The number of nitrogens with one attached hydrogen (secondary N) is 1. The van der Waals surface area contributed by atoms with E-state index in [0.717, 1.165) is 32.1 Å². The average Bonchev–Trinajstić information content (AvgIpc) is 2.70. The maximum atomic E-state index is 13.3. The molecule has 7 nitrogen and oxygen atoms in total. The summed E-state index contributed by atoms with van der Waals surface area (Å²) < 4.78 is 41.2. The monoisotopic (exact) mass is 390 g/mol. The zero-order chi connectivity index (χ0) is 19.7. The second kappa shape index (κ2) is 7.27. The van der Waals surface area contributed by atoms with Gasteiger partial charge >= 0.3 is 6.18 Å². The Morgan fingerprint density at radius 2 is 1.89 bits per heavy atom. The first-order valence-corrected chi connectivity index (χ1v) is 8.86. The molecule has 0 radical (unpaired) electrons. The Balaban J connectivity index is 1.87. The molecule has 0 aromatic carbocycles. The summed E-state index contributed by atoms with van der Waals surface area (Å²) in [5, 5.41) is 3.85. The Kier molecular flexibility index (Phi) is 4.80. The summed E-state index contributed by atoms with van der Waals surface area (Å²) in [7, 11) is 0. The molecular formula is C18H17F3N6O. The van der Waals surface area contributed by atoms with E-state index < -0.39 is 11.9 Å². The van der Waals surface area contributed by atoms with Crippen LogP contribution in [0.2, 0.25) is 0 Å². The van der Waals surface area contributed by atoms with E-state index in [-0.39, 0.29) is 29.4 Å². The fourth-order valence-corrected chi connectivity index (χ4v) is 3.58. The lowest BCUT2D eigenvalue weighted by Crippen LogP contribution is -2.33. The molecule has 4 heterocycles. The van der Waals surface area contributed by atoms with Gasteiger partial charge in [-0.25, -0.2) is 15.0 Å². The first-order valence-electron chi connectivity index (χ1n) is 8.86. The molecule has 0 bridgehead atoms. The van der Waals surface area contributed by atoms with Crippen molar-refractivity contribution in [3.63, 3.8) is 0 Å². The number of hydrogen-bond acceptors (Lipinski definition) is 6. The molecule has 0 aliphatic carbocycles. The standard InChI is InChI=1S/C18H17F3N6O/c19-18(20,21)15-14(24-5-6-25-15)9-27-16-12(8-23-10-26-16)7-13(17(27)28)11-1-3-22-4-2-11/h5-8,10-11,22H,1-4,9H2. The minimum absolute atomic E-state index is 0.0357. The number of alkyl halides is 3. The summed E-state index contributed by atoms with van der Waals surface area (Å²) in [6.07, 6.45) is 1.91. The summed E-state index contributed by atoms with van der Waals surface area (Å²) in [5.41, 5.74) is -0.926. The fraction of sp³-hybridized carbons (Fsp3) is 0.389. The Morgan fingerprint density at radius 1 is 1.14 bits per heavy atom. The van der Waals surface area contributed by atoms with Crippen LogP contribution in [0.1, 0.15) is 35.7 Å². The van der Waals surface area contributed by atoms with Gasteiger partial charge in [0.2, 0.25) is 0 Å². The van der Waals surface area contributed by atoms with Crippen LogP contribution in [-0.4, -0.2) is 37.6 Å². The van der Waals surface area contributed by atoms with Crippen molar-refractivity contribution >= 4 is 11.0 Å². The van der Waals surface area contributed by atoms with Crippen LogP contribution in [-0.2, 0) is 12.7 Å². The molecule has 0 atom stereocenters. The van der Waals surface area contributed by atoms with Crippen molar-refractivity contribution in [1.29, 1.82) is 0 Å². The van der Waals surface area contributed by atoms with Gasteiger partial charge in [-0.15, -0.1) is 0 Å². The van der Waals surface area contributed by atoms with Crippen LogP contribution in [0.3, 0.4) is 0 Å². The van der Waals surface area contributed by atoms with Gasteiger partial charge in [-0.1, -0.05) is 0 Å². The Labute approximate surface area is 157 Å². The van der Waals surface area contributed by atoms with Crippen LogP contribution in [0.4, 0.5) is 13.2 Å². The summed E-state index contributed by atoms with van der Waals surface area (Å²) in [6.45, 7) is 1.21. The van der Waals surface area contributed by atoms with Gasteiger partial charge < -0.3 is 5.32 Å². The largest absolute Gasteiger partial charge is 0.435 e. The molecule has 146 valence electrons. The summed E-state index contributed by atoms with van der Waals surface area (Å²) in [6, 6.07) is 1.76. The van der Waals surface area contributed by atoms with Gasteiger partial charge in [0.25, 0.3) is 5.56 Å². The van der Waals surface area contributed by atoms with E-state index in [1.807, 2.05) is 0 Å². The van der Waals surface area contributed by atoms with E-state index in [4.69, 9.17) is 0 Å². The highest BCUT2D eigenvalue weighted by Gasteiger charge is 2.36. The molecule has 1 aliphatic heterocycles. The topological polar surface area (TPSA) is 85.6 Å². The molecule has 1 aliphatic rings. The number of fused-ring (bicyclic) bond motifs is 1. The lowest BCUT2D eigenvalue weighted by Gasteiger charge is -2.23. The van der Waals surface area contributed by atoms with Gasteiger partial charge in [0.15, 0.2) is 5.69 Å². The molecule has 0 saturated carbocycles. The third kappa shape index (κ3) is 3.47. The summed E-state index contributed by atoms with van der Waals surface area (Å²) in [5.74, 6) is 0.0357. The van der Waals surface area contributed by atoms with Gasteiger partial charge in [0, 0.05) is 29.5 Å². The second-order valence-corrected chi connectivity index (χ2v) is 6.67. The first kappa shape index (κ1) is 18.5. The maximum absolute atomic E-state index is 13.3. The summed E-state index contributed by atoms with van der Waals surface area (Å²) >= 11 is 0. The Hall–Kier alpha value is -2.88. The lowest BCUT2D eigenvalue weighted by molar-refractivity contribution is -0.142. The predicted octanol–water partition coefficient (Wildman–Crippen LogP) is 2.12. The van der Waals surface area contributed by atoms with Crippen molar-refractivity contribution in [2.75, 3.05) is 13.1 Å². The smallest absolute Gasteiger partial charge is 0.317 e. The highest BCUT2D eigenvalue weighted by Crippen LogP contribution is 2.30. The molecule has 3 aromatic heterocycles. The van der Waals surface area contributed by atoms with Crippen LogP contribution in [0.25, 0.3) is 11.0 Å². The number of nitrogens with zero attached hydrogens (tertiary/aromatic N) is 5. The third-order valence-corrected chi connectivity index (χ3v) is 4.91. The second-order valence-electron chi connectivity index (χ2n) is 6.67. The minimum Gasteiger partial charge on any atom is -0.317 e. The lowest BCUT2D eigenvalue weighted by atomic mass is 9.90. The van der Waals surface area contributed by atoms with Crippen molar-refractivity contribution in [3.8, 4) is 0 Å². The van der Waals surface area contributed by atoms with Crippen LogP contribution < -0.4 is 10.9 Å². The van der Waals surface area contributed by atoms with Gasteiger partial charge in [-0.3, -0.25) is 14.3 Å². The number of pyridine rings is 1. The number of hydrogen-bond donors (Lipinski definition) is 1. The van der Waals surface area contributed by atoms with Gasteiger partial charge in [-0.2, -0.15) is 13.2 Å². The van der Waals surface area contributed by atoms with E-state index >= 15 is 0 Å². The van der Waals surface area contributed by atoms with Crippen LogP contribution in [0.5, 0.6) is 0 Å². The fourth-order valence-electron chi connectivity index (χ4n) is 3.58. The van der Waals surface area contributed by atoms with Crippen molar-refractivity contribution in [2.24, 2.45) is 0 Å². The molecule has 28 heavy (non-hydrogen) atoms. The van der Waals surface area contributed by atoms with E-state index in [0.29, 0.717) is 10.9 Å². The van der Waals surface area contributed by atoms with E-state index in [2.05, 4.69) is 25.3 Å². The Morgan fingerprint density at radius 3 is 2.64 bits per heavy atom. The van der Waals surface area contributed by atoms with Crippen LogP contribution in [0.15, 0.2) is 35.8 Å². The van der Waals surface area contributed by atoms with Crippen molar-refractivity contribution in [2.45, 2.75) is 31.5 Å². The first-order chi connectivity index (χ1) is 13.4. The van der Waals surface area contributed by atoms with Crippen molar-refractivity contribution in [3.05, 3.63) is 58.3 Å². The molecular weight excluding hydrogens is 373 g/mol. The van der Waals surface area contributed by atoms with Crippen molar-refractivity contribution < 1.29 is 13.2 Å². The van der Waals surface area contributed by atoms with Crippen LogP contribution in [0, 0.1) is 0 Å². The average molecular weight is 390 g/mol. The predicted molar refractivity (Wildman–Crippen MR) is 94.8 cm³/mol. The third-order valence-electron chi connectivity index (χ3n) is 4.91. The SMILES string of the molecule is O=c1c(C2CCNCC2)cc2cncnc2n1Cc1nccnc1C(F)(F)F. The zero-order valence-electron chi connectivity index (χ0n) is 14.8.